The Labute approximate surface area is 93.4 Å². The summed E-state index contributed by atoms with van der Waals surface area (Å²) in [6, 6.07) is 1.68. The molecule has 16 heavy (non-hydrogen) atoms. The van der Waals surface area contributed by atoms with Gasteiger partial charge in [0.2, 0.25) is 0 Å². The number of rotatable bonds is 4. The number of carbonyl (C=O) groups is 2. The van der Waals surface area contributed by atoms with Gasteiger partial charge in [-0.05, 0) is 26.8 Å². The lowest BCUT2D eigenvalue weighted by molar-refractivity contribution is -0.138. The Morgan fingerprint density at radius 2 is 2.12 bits per heavy atom. The molecule has 5 nitrogen and oxygen atoms in total. The molecule has 1 aromatic rings. The van der Waals surface area contributed by atoms with Crippen LogP contribution in [0.1, 0.15) is 36.4 Å². The van der Waals surface area contributed by atoms with E-state index in [9.17, 15) is 9.59 Å². The van der Waals surface area contributed by atoms with Crippen molar-refractivity contribution >= 4 is 11.9 Å². The Morgan fingerprint density at radius 1 is 1.50 bits per heavy atom. The zero-order valence-electron chi connectivity index (χ0n) is 9.53. The maximum atomic E-state index is 11.7. The largest absolute Gasteiger partial charge is 0.481 e. The Balaban J connectivity index is 2.71. The maximum Gasteiger partial charge on any atom is 0.305 e. The number of hydrogen-bond donors (Lipinski definition) is 2. The van der Waals surface area contributed by atoms with Gasteiger partial charge in [-0.15, -0.1) is 0 Å². The van der Waals surface area contributed by atoms with Crippen molar-refractivity contribution in [2.45, 2.75) is 32.7 Å². The second kappa shape index (κ2) is 4.38. The van der Waals surface area contributed by atoms with Crippen LogP contribution >= 0.6 is 0 Å². The molecule has 5 heteroatoms. The zero-order chi connectivity index (χ0) is 12.3. The van der Waals surface area contributed by atoms with Crippen molar-refractivity contribution in [3.63, 3.8) is 0 Å². The highest BCUT2D eigenvalue weighted by Gasteiger charge is 2.26. The Kier molecular flexibility index (Phi) is 3.37. The maximum absolute atomic E-state index is 11.7. The molecular weight excluding hydrogens is 210 g/mol. The van der Waals surface area contributed by atoms with Crippen LogP contribution in [0.15, 0.2) is 16.7 Å². The van der Waals surface area contributed by atoms with Crippen molar-refractivity contribution < 1.29 is 19.1 Å². The van der Waals surface area contributed by atoms with Gasteiger partial charge in [-0.3, -0.25) is 9.59 Å². The van der Waals surface area contributed by atoms with Crippen LogP contribution in [-0.2, 0) is 4.79 Å². The first kappa shape index (κ1) is 12.3. The number of hydrogen-bond acceptors (Lipinski definition) is 3. The highest BCUT2D eigenvalue weighted by Crippen LogP contribution is 2.13. The molecule has 0 radical (unpaired) electrons. The molecular formula is C11H15NO4. The molecule has 0 unspecified atom stereocenters. The predicted molar refractivity (Wildman–Crippen MR) is 57.2 cm³/mol. The van der Waals surface area contributed by atoms with Gasteiger partial charge in [0.1, 0.15) is 0 Å². The van der Waals surface area contributed by atoms with Crippen LogP contribution in [0.2, 0.25) is 0 Å². The third-order valence-electron chi connectivity index (χ3n) is 2.11. The molecule has 1 aromatic heterocycles. The van der Waals surface area contributed by atoms with Crippen LogP contribution in [0.4, 0.5) is 0 Å². The topological polar surface area (TPSA) is 79.5 Å². The minimum Gasteiger partial charge on any atom is -0.481 e. The molecule has 0 atom stereocenters. The number of nitrogens with one attached hydrogen (secondary N) is 1. The van der Waals surface area contributed by atoms with Crippen molar-refractivity contribution in [3.8, 4) is 0 Å². The van der Waals surface area contributed by atoms with Gasteiger partial charge in [0.05, 0.1) is 12.7 Å². The summed E-state index contributed by atoms with van der Waals surface area (Å²) in [5, 5.41) is 11.3. The van der Waals surface area contributed by atoms with E-state index in [1.807, 2.05) is 0 Å². The van der Waals surface area contributed by atoms with Crippen molar-refractivity contribution in [1.82, 2.24) is 5.32 Å². The van der Waals surface area contributed by atoms with Gasteiger partial charge in [0.25, 0.3) is 5.91 Å². The molecule has 1 heterocycles. The number of carboxylic acids is 1. The van der Waals surface area contributed by atoms with Crippen LogP contribution in [0.5, 0.6) is 0 Å². The monoisotopic (exact) mass is 225 g/mol. The van der Waals surface area contributed by atoms with Crippen molar-refractivity contribution in [3.05, 3.63) is 23.7 Å². The smallest absolute Gasteiger partial charge is 0.305 e. The summed E-state index contributed by atoms with van der Waals surface area (Å²) in [5.41, 5.74) is -0.0778. The third kappa shape index (κ3) is 3.12. The first-order valence-corrected chi connectivity index (χ1v) is 4.90. The molecule has 0 spiro atoms. The van der Waals surface area contributed by atoms with Crippen LogP contribution in [0, 0.1) is 6.92 Å². The van der Waals surface area contributed by atoms with Gasteiger partial charge in [-0.25, -0.2) is 0 Å². The standard InChI is InChI=1S/C11H15NO4/c1-7-4-5-16-9(7)10(15)12-11(2,3)6-8(13)14/h4-5H,6H2,1-3H3,(H,12,15)(H,13,14). The second-order valence-corrected chi connectivity index (χ2v) is 4.34. The summed E-state index contributed by atoms with van der Waals surface area (Å²) in [5.74, 6) is -1.13. The fraction of sp³-hybridized carbons (Fsp3) is 0.455. The third-order valence-corrected chi connectivity index (χ3v) is 2.11. The molecule has 0 aliphatic heterocycles. The highest BCUT2D eigenvalue weighted by atomic mass is 16.4. The molecule has 1 amide bonds. The molecule has 0 bridgehead atoms. The number of furan rings is 1. The van der Waals surface area contributed by atoms with E-state index in [0.717, 1.165) is 5.56 Å². The summed E-state index contributed by atoms with van der Waals surface area (Å²) >= 11 is 0. The van der Waals surface area contributed by atoms with Crippen molar-refractivity contribution in [2.24, 2.45) is 0 Å². The quantitative estimate of drug-likeness (QED) is 0.815. The van der Waals surface area contributed by atoms with E-state index in [2.05, 4.69) is 5.32 Å². The average Bonchev–Trinajstić information content (AvgIpc) is 2.47. The van der Waals surface area contributed by atoms with E-state index < -0.39 is 17.4 Å². The fourth-order valence-corrected chi connectivity index (χ4v) is 1.39. The van der Waals surface area contributed by atoms with Gasteiger partial charge < -0.3 is 14.8 Å². The molecule has 2 N–H and O–H groups in total. The van der Waals surface area contributed by atoms with E-state index in [0.29, 0.717) is 0 Å². The minimum absolute atomic E-state index is 0.140. The normalized spacial score (nSPS) is 11.2. The summed E-state index contributed by atoms with van der Waals surface area (Å²) in [6.07, 6.45) is 1.28. The molecule has 0 aliphatic rings. The second-order valence-electron chi connectivity index (χ2n) is 4.34. The van der Waals surface area contributed by atoms with Gasteiger partial charge in [-0.2, -0.15) is 0 Å². The van der Waals surface area contributed by atoms with Crippen LogP contribution in [0.25, 0.3) is 0 Å². The molecule has 88 valence electrons. The first-order chi connectivity index (χ1) is 7.32. The van der Waals surface area contributed by atoms with Crippen LogP contribution in [0.3, 0.4) is 0 Å². The van der Waals surface area contributed by atoms with Gasteiger partial charge in [0.15, 0.2) is 5.76 Å². The minimum atomic E-state index is -0.957. The lowest BCUT2D eigenvalue weighted by Gasteiger charge is -2.23. The SMILES string of the molecule is Cc1ccoc1C(=O)NC(C)(C)CC(=O)O. The fourth-order valence-electron chi connectivity index (χ4n) is 1.39. The Morgan fingerprint density at radius 3 is 2.56 bits per heavy atom. The number of amides is 1. The summed E-state index contributed by atoms with van der Waals surface area (Å²) in [4.78, 5) is 22.3. The van der Waals surface area contributed by atoms with Gasteiger partial charge >= 0.3 is 5.97 Å². The van der Waals surface area contributed by atoms with E-state index in [1.165, 1.54) is 6.26 Å². The number of aryl methyl sites for hydroxylation is 1. The lowest BCUT2D eigenvalue weighted by Crippen LogP contribution is -2.45. The van der Waals surface area contributed by atoms with E-state index in [-0.39, 0.29) is 12.2 Å². The van der Waals surface area contributed by atoms with Crippen LogP contribution in [-0.4, -0.2) is 22.5 Å². The number of carboxylic acid groups (broad SMARTS) is 1. The molecule has 0 fully saturated rings. The van der Waals surface area contributed by atoms with E-state index in [1.54, 1.807) is 26.8 Å². The molecule has 0 aromatic carbocycles. The van der Waals surface area contributed by atoms with Crippen molar-refractivity contribution in [1.29, 1.82) is 0 Å². The first-order valence-electron chi connectivity index (χ1n) is 4.90. The zero-order valence-corrected chi connectivity index (χ0v) is 9.53. The van der Waals surface area contributed by atoms with Gasteiger partial charge in [-0.1, -0.05) is 0 Å². The van der Waals surface area contributed by atoms with Crippen LogP contribution < -0.4 is 5.32 Å². The number of carbonyl (C=O) groups excluding carboxylic acids is 1. The predicted octanol–water partition coefficient (Wildman–Crippen LogP) is 1.57. The number of aliphatic carboxylic acids is 1. The molecule has 1 rings (SSSR count). The highest BCUT2D eigenvalue weighted by molar-refractivity contribution is 5.93. The average molecular weight is 225 g/mol. The summed E-state index contributed by atoms with van der Waals surface area (Å²) in [6.45, 7) is 5.05. The Hall–Kier alpha value is -1.78. The van der Waals surface area contributed by atoms with Crippen molar-refractivity contribution in [2.75, 3.05) is 0 Å². The molecule has 0 saturated carbocycles. The summed E-state index contributed by atoms with van der Waals surface area (Å²) in [7, 11) is 0. The van der Waals surface area contributed by atoms with E-state index in [4.69, 9.17) is 9.52 Å². The molecule has 0 aliphatic carbocycles. The Bertz CT molecular complexity index is 406. The summed E-state index contributed by atoms with van der Waals surface area (Å²) < 4.78 is 5.02. The van der Waals surface area contributed by atoms with Gasteiger partial charge in [0, 0.05) is 11.1 Å². The molecule has 0 saturated heterocycles. The lowest BCUT2D eigenvalue weighted by atomic mass is 10.0. The van der Waals surface area contributed by atoms with E-state index >= 15 is 0 Å².